The van der Waals surface area contributed by atoms with Crippen LogP contribution in [-0.2, 0) is 0 Å². The summed E-state index contributed by atoms with van der Waals surface area (Å²) in [7, 11) is 0. The van der Waals surface area contributed by atoms with E-state index in [1.54, 1.807) is 0 Å². The van der Waals surface area contributed by atoms with Crippen LogP contribution in [0.4, 0.5) is 11.5 Å². The lowest BCUT2D eigenvalue weighted by Gasteiger charge is -2.28. The summed E-state index contributed by atoms with van der Waals surface area (Å²) >= 11 is 0. The van der Waals surface area contributed by atoms with Gasteiger partial charge in [0.25, 0.3) is 0 Å². The van der Waals surface area contributed by atoms with Crippen molar-refractivity contribution in [2.75, 3.05) is 4.90 Å². The van der Waals surface area contributed by atoms with Crippen molar-refractivity contribution in [3.8, 4) is 0 Å². The molecular weight excluding hydrogens is 244 g/mol. The number of aromatic nitrogens is 1. The maximum Gasteiger partial charge on any atom is 0.133 e. The highest BCUT2D eigenvalue weighted by Gasteiger charge is 2.14. The highest BCUT2D eigenvalue weighted by atomic mass is 15.2. The summed E-state index contributed by atoms with van der Waals surface area (Å²) in [5.41, 5.74) is 1.18. The molecule has 0 unspecified atom stereocenters. The summed E-state index contributed by atoms with van der Waals surface area (Å²) in [4.78, 5) is 6.74. The SMILES string of the molecule is CC(C)N(c1ccc2ccccc2c1)c1ccccn1. The molecule has 3 aromatic rings. The Morgan fingerprint density at radius 1 is 0.850 bits per heavy atom. The van der Waals surface area contributed by atoms with Gasteiger partial charge in [-0.25, -0.2) is 4.98 Å². The molecule has 0 aliphatic carbocycles. The van der Waals surface area contributed by atoms with Crippen LogP contribution >= 0.6 is 0 Å². The van der Waals surface area contributed by atoms with E-state index in [1.165, 1.54) is 16.5 Å². The van der Waals surface area contributed by atoms with E-state index in [2.05, 4.69) is 72.3 Å². The van der Waals surface area contributed by atoms with E-state index in [-0.39, 0.29) is 0 Å². The van der Waals surface area contributed by atoms with E-state index in [4.69, 9.17) is 0 Å². The molecule has 0 aliphatic rings. The van der Waals surface area contributed by atoms with Crippen LogP contribution in [0, 0.1) is 0 Å². The number of hydrogen-bond donors (Lipinski definition) is 0. The van der Waals surface area contributed by atoms with Crippen LogP contribution in [0.15, 0.2) is 66.9 Å². The van der Waals surface area contributed by atoms with Crippen LogP contribution < -0.4 is 4.90 Å². The molecule has 2 aromatic carbocycles. The maximum atomic E-state index is 4.48. The Kier molecular flexibility index (Phi) is 3.38. The quantitative estimate of drug-likeness (QED) is 0.675. The third kappa shape index (κ3) is 2.37. The number of nitrogens with zero attached hydrogens (tertiary/aromatic N) is 2. The number of benzene rings is 2. The average molecular weight is 262 g/mol. The van der Waals surface area contributed by atoms with E-state index in [0.29, 0.717) is 6.04 Å². The molecule has 0 fully saturated rings. The van der Waals surface area contributed by atoms with Gasteiger partial charge in [-0.3, -0.25) is 0 Å². The minimum atomic E-state index is 0.353. The highest BCUT2D eigenvalue weighted by molar-refractivity contribution is 5.86. The molecule has 0 atom stereocenters. The Balaban J connectivity index is 2.10. The van der Waals surface area contributed by atoms with Gasteiger partial charge in [0.1, 0.15) is 5.82 Å². The molecule has 0 radical (unpaired) electrons. The van der Waals surface area contributed by atoms with Crippen LogP contribution in [0.25, 0.3) is 10.8 Å². The first-order valence-corrected chi connectivity index (χ1v) is 6.95. The molecule has 0 aliphatic heterocycles. The molecule has 1 heterocycles. The van der Waals surface area contributed by atoms with Gasteiger partial charge in [0, 0.05) is 17.9 Å². The van der Waals surface area contributed by atoms with Gasteiger partial charge >= 0.3 is 0 Å². The van der Waals surface area contributed by atoms with Crippen LogP contribution in [0.5, 0.6) is 0 Å². The fourth-order valence-electron chi connectivity index (χ4n) is 2.52. The molecule has 0 N–H and O–H groups in total. The Morgan fingerprint density at radius 2 is 1.60 bits per heavy atom. The van der Waals surface area contributed by atoms with Gasteiger partial charge in [-0.2, -0.15) is 0 Å². The van der Waals surface area contributed by atoms with Gasteiger partial charge in [-0.05, 0) is 48.9 Å². The topological polar surface area (TPSA) is 16.1 Å². The number of fused-ring (bicyclic) bond motifs is 1. The molecule has 0 saturated heterocycles. The number of rotatable bonds is 3. The summed E-state index contributed by atoms with van der Waals surface area (Å²) in [5, 5.41) is 2.52. The first-order valence-electron chi connectivity index (χ1n) is 6.95. The molecule has 100 valence electrons. The van der Waals surface area contributed by atoms with E-state index in [1.807, 2.05) is 18.3 Å². The molecular formula is C18H18N2. The van der Waals surface area contributed by atoms with E-state index in [9.17, 15) is 0 Å². The van der Waals surface area contributed by atoms with Crippen LogP contribution in [0.2, 0.25) is 0 Å². The van der Waals surface area contributed by atoms with Crippen molar-refractivity contribution in [1.29, 1.82) is 0 Å². The lowest BCUT2D eigenvalue weighted by atomic mass is 10.1. The Hall–Kier alpha value is -2.35. The third-order valence-corrected chi connectivity index (χ3v) is 3.42. The standard InChI is InChI=1S/C18H18N2/c1-14(2)20(18-9-5-6-12-19-18)17-11-10-15-7-3-4-8-16(15)13-17/h3-14H,1-2H3. The Bertz CT molecular complexity index is 705. The molecule has 0 spiro atoms. The van der Waals surface area contributed by atoms with Crippen molar-refractivity contribution < 1.29 is 0 Å². The second kappa shape index (κ2) is 5.33. The fraction of sp³-hybridized carbons (Fsp3) is 0.167. The molecule has 20 heavy (non-hydrogen) atoms. The predicted molar refractivity (Wildman–Crippen MR) is 85.5 cm³/mol. The monoisotopic (exact) mass is 262 g/mol. The second-order valence-electron chi connectivity index (χ2n) is 5.18. The molecule has 0 bridgehead atoms. The van der Waals surface area contributed by atoms with E-state index in [0.717, 1.165) is 5.82 Å². The maximum absolute atomic E-state index is 4.48. The van der Waals surface area contributed by atoms with Gasteiger partial charge in [-0.1, -0.05) is 36.4 Å². The number of anilines is 2. The number of pyridine rings is 1. The summed E-state index contributed by atoms with van der Waals surface area (Å²) < 4.78 is 0. The van der Waals surface area contributed by atoms with Crippen molar-refractivity contribution in [2.24, 2.45) is 0 Å². The van der Waals surface area contributed by atoms with Crippen LogP contribution in [0.1, 0.15) is 13.8 Å². The van der Waals surface area contributed by atoms with Gasteiger partial charge in [0.2, 0.25) is 0 Å². The van der Waals surface area contributed by atoms with Crippen molar-refractivity contribution >= 4 is 22.3 Å². The predicted octanol–water partition coefficient (Wildman–Crippen LogP) is 4.78. The smallest absolute Gasteiger partial charge is 0.133 e. The summed E-state index contributed by atoms with van der Waals surface area (Å²) in [6, 6.07) is 21.4. The largest absolute Gasteiger partial charge is 0.324 e. The average Bonchev–Trinajstić information content (AvgIpc) is 2.48. The Morgan fingerprint density at radius 3 is 2.30 bits per heavy atom. The van der Waals surface area contributed by atoms with Crippen LogP contribution in [0.3, 0.4) is 0 Å². The zero-order valence-corrected chi connectivity index (χ0v) is 11.8. The van der Waals surface area contributed by atoms with Crippen molar-refractivity contribution in [3.63, 3.8) is 0 Å². The van der Waals surface area contributed by atoms with Gasteiger partial charge in [0.05, 0.1) is 0 Å². The molecule has 0 saturated carbocycles. The first-order chi connectivity index (χ1) is 9.75. The molecule has 1 aromatic heterocycles. The second-order valence-corrected chi connectivity index (χ2v) is 5.18. The zero-order valence-electron chi connectivity index (χ0n) is 11.8. The normalized spacial score (nSPS) is 10.9. The van der Waals surface area contributed by atoms with Gasteiger partial charge in [0.15, 0.2) is 0 Å². The minimum absolute atomic E-state index is 0.353. The summed E-state index contributed by atoms with van der Waals surface area (Å²) in [6.07, 6.45) is 1.84. The fourth-order valence-corrected chi connectivity index (χ4v) is 2.52. The summed E-state index contributed by atoms with van der Waals surface area (Å²) in [5.74, 6) is 0.984. The lowest BCUT2D eigenvalue weighted by Crippen LogP contribution is -2.26. The first kappa shape index (κ1) is 12.7. The van der Waals surface area contributed by atoms with Crippen molar-refractivity contribution in [1.82, 2.24) is 4.98 Å². The Labute approximate surface area is 119 Å². The van der Waals surface area contributed by atoms with Gasteiger partial charge < -0.3 is 4.90 Å². The van der Waals surface area contributed by atoms with Crippen molar-refractivity contribution in [2.45, 2.75) is 19.9 Å². The molecule has 2 heteroatoms. The molecule has 2 nitrogen and oxygen atoms in total. The summed E-state index contributed by atoms with van der Waals surface area (Å²) in [6.45, 7) is 4.37. The van der Waals surface area contributed by atoms with Crippen molar-refractivity contribution in [3.05, 3.63) is 66.9 Å². The van der Waals surface area contributed by atoms with E-state index < -0.39 is 0 Å². The highest BCUT2D eigenvalue weighted by Crippen LogP contribution is 2.29. The van der Waals surface area contributed by atoms with E-state index >= 15 is 0 Å². The molecule has 3 rings (SSSR count). The lowest BCUT2D eigenvalue weighted by molar-refractivity contribution is 0.778. The number of hydrogen-bond acceptors (Lipinski definition) is 2. The van der Waals surface area contributed by atoms with Gasteiger partial charge in [-0.15, -0.1) is 0 Å². The molecule has 0 amide bonds. The zero-order chi connectivity index (χ0) is 13.9. The third-order valence-electron chi connectivity index (χ3n) is 3.42. The minimum Gasteiger partial charge on any atom is -0.324 e. The van der Waals surface area contributed by atoms with Crippen LogP contribution in [-0.4, -0.2) is 11.0 Å².